The smallest absolute Gasteiger partial charge is 0.226 e. The van der Waals surface area contributed by atoms with Crippen molar-refractivity contribution >= 4 is 16.0 Å². The normalized spacial score (nSPS) is 12.5. The van der Waals surface area contributed by atoms with Crippen LogP contribution >= 0.6 is 0 Å². The molecule has 0 aliphatic carbocycles. The van der Waals surface area contributed by atoms with E-state index in [4.69, 9.17) is 4.74 Å². The second-order valence-corrected chi connectivity index (χ2v) is 7.25. The van der Waals surface area contributed by atoms with Crippen molar-refractivity contribution in [2.45, 2.75) is 39.3 Å². The molecule has 0 aliphatic rings. The maximum Gasteiger partial charge on any atom is 0.226 e. The molecular weight excluding hydrogens is 280 g/mol. The summed E-state index contributed by atoms with van der Waals surface area (Å²) in [5.74, 6) is 0.873. The second kappa shape index (κ2) is 6.36. The van der Waals surface area contributed by atoms with Crippen molar-refractivity contribution in [2.24, 2.45) is 0 Å². The predicted octanol–water partition coefficient (Wildman–Crippen LogP) is 1.00. The average Bonchev–Trinajstić information content (AvgIpc) is 2.23. The number of nitrogens with one attached hydrogen (secondary N) is 2. The Morgan fingerprint density at radius 1 is 1.40 bits per heavy atom. The summed E-state index contributed by atoms with van der Waals surface area (Å²) in [6, 6.07) is 1.67. The highest BCUT2D eigenvalue weighted by molar-refractivity contribution is 7.88. The highest BCUT2D eigenvalue weighted by atomic mass is 32.2. The molecule has 1 aromatic rings. The lowest BCUT2D eigenvalue weighted by molar-refractivity contribution is 0.232. The van der Waals surface area contributed by atoms with Gasteiger partial charge in [-0.2, -0.15) is 4.98 Å². The van der Waals surface area contributed by atoms with Crippen LogP contribution in [0.4, 0.5) is 5.95 Å². The van der Waals surface area contributed by atoms with Gasteiger partial charge in [-0.15, -0.1) is 0 Å². The molecule has 0 spiro atoms. The van der Waals surface area contributed by atoms with Crippen molar-refractivity contribution in [3.05, 3.63) is 12.3 Å². The lowest BCUT2D eigenvalue weighted by Crippen LogP contribution is -2.47. The largest absolute Gasteiger partial charge is 0.475 e. The molecule has 8 heteroatoms. The summed E-state index contributed by atoms with van der Waals surface area (Å²) in [5, 5.41) is 2.99. The first kappa shape index (κ1) is 16.6. The van der Waals surface area contributed by atoms with E-state index < -0.39 is 15.6 Å². The zero-order chi connectivity index (χ0) is 15.4. The number of hydrogen-bond acceptors (Lipinski definition) is 6. The maximum absolute atomic E-state index is 11.2. The molecule has 0 aromatic carbocycles. The molecular formula is C12H22N4O3S. The number of ether oxygens (including phenoxy) is 1. The molecule has 1 aromatic heterocycles. The maximum atomic E-state index is 11.2. The van der Waals surface area contributed by atoms with Gasteiger partial charge in [0.1, 0.15) is 0 Å². The summed E-state index contributed by atoms with van der Waals surface area (Å²) < 4.78 is 30.5. The van der Waals surface area contributed by atoms with Crippen LogP contribution in [0.25, 0.3) is 0 Å². The highest BCUT2D eigenvalue weighted by Gasteiger charge is 2.22. The van der Waals surface area contributed by atoms with Gasteiger partial charge >= 0.3 is 0 Å². The van der Waals surface area contributed by atoms with Crippen LogP contribution in [-0.2, 0) is 10.0 Å². The van der Waals surface area contributed by atoms with Crippen LogP contribution in [0.1, 0.15) is 27.7 Å². The van der Waals surface area contributed by atoms with Crippen LogP contribution in [0.15, 0.2) is 12.3 Å². The van der Waals surface area contributed by atoms with E-state index in [9.17, 15) is 8.42 Å². The van der Waals surface area contributed by atoms with Crippen LogP contribution in [0, 0.1) is 0 Å². The monoisotopic (exact) mass is 302 g/mol. The van der Waals surface area contributed by atoms with E-state index in [0.29, 0.717) is 18.4 Å². The number of rotatable bonds is 7. The average molecular weight is 302 g/mol. The fourth-order valence-corrected chi connectivity index (χ4v) is 2.65. The summed E-state index contributed by atoms with van der Waals surface area (Å²) in [6.07, 6.45) is 2.74. The van der Waals surface area contributed by atoms with Crippen LogP contribution in [-0.4, -0.2) is 42.8 Å². The second-order valence-electron chi connectivity index (χ2n) is 5.50. The zero-order valence-corrected chi connectivity index (χ0v) is 13.3. The molecule has 0 aliphatic heterocycles. The Balaban J connectivity index is 2.65. The molecule has 2 N–H and O–H groups in total. The fraction of sp³-hybridized carbons (Fsp3) is 0.667. The van der Waals surface area contributed by atoms with Crippen LogP contribution < -0.4 is 14.8 Å². The van der Waals surface area contributed by atoms with Gasteiger partial charge in [0, 0.05) is 24.3 Å². The molecule has 0 saturated carbocycles. The van der Waals surface area contributed by atoms with Gasteiger partial charge < -0.3 is 10.1 Å². The van der Waals surface area contributed by atoms with E-state index in [1.165, 1.54) is 0 Å². The molecule has 0 fully saturated rings. The Labute approximate surface area is 120 Å². The van der Waals surface area contributed by atoms with E-state index in [1.54, 1.807) is 26.1 Å². The third-order valence-electron chi connectivity index (χ3n) is 2.14. The van der Waals surface area contributed by atoms with Gasteiger partial charge in [0.2, 0.25) is 21.9 Å². The van der Waals surface area contributed by atoms with Crippen molar-refractivity contribution < 1.29 is 13.2 Å². The quantitative estimate of drug-likeness (QED) is 0.780. The first-order chi connectivity index (χ1) is 9.07. The van der Waals surface area contributed by atoms with Gasteiger partial charge in [-0.25, -0.2) is 18.1 Å². The highest BCUT2D eigenvalue weighted by Crippen LogP contribution is 2.11. The van der Waals surface area contributed by atoms with E-state index in [2.05, 4.69) is 20.0 Å². The Morgan fingerprint density at radius 3 is 2.60 bits per heavy atom. The minimum atomic E-state index is -3.27. The van der Waals surface area contributed by atoms with E-state index in [0.717, 1.165) is 6.26 Å². The van der Waals surface area contributed by atoms with E-state index >= 15 is 0 Å². The van der Waals surface area contributed by atoms with Gasteiger partial charge in [0.25, 0.3) is 0 Å². The van der Waals surface area contributed by atoms with Gasteiger partial charge in [-0.3, -0.25) is 0 Å². The summed E-state index contributed by atoms with van der Waals surface area (Å²) in [7, 11) is -3.27. The fourth-order valence-electron chi connectivity index (χ4n) is 1.57. The number of sulfonamides is 1. The lowest BCUT2D eigenvalue weighted by atomic mass is 10.1. The van der Waals surface area contributed by atoms with E-state index in [1.807, 2.05) is 13.8 Å². The molecule has 114 valence electrons. The van der Waals surface area contributed by atoms with Crippen LogP contribution in [0.3, 0.4) is 0 Å². The summed E-state index contributed by atoms with van der Waals surface area (Å²) in [6.45, 7) is 7.72. The van der Waals surface area contributed by atoms with Crippen molar-refractivity contribution in [3.63, 3.8) is 0 Å². The number of anilines is 1. The summed E-state index contributed by atoms with van der Waals surface area (Å²) in [5.41, 5.74) is -0.647. The van der Waals surface area contributed by atoms with Gasteiger partial charge in [-0.1, -0.05) is 0 Å². The number of hydrogen-bond donors (Lipinski definition) is 2. The molecule has 0 unspecified atom stereocenters. The SMILES string of the molecule is CC(C)Oc1ccnc(NCC(C)(C)NS(C)(=O)=O)n1. The van der Waals surface area contributed by atoms with Gasteiger partial charge in [-0.05, 0) is 27.7 Å². The molecule has 0 bridgehead atoms. The molecule has 0 radical (unpaired) electrons. The molecule has 1 heterocycles. The van der Waals surface area contributed by atoms with Crippen LogP contribution in [0.2, 0.25) is 0 Å². The van der Waals surface area contributed by atoms with Gasteiger partial charge in [0.05, 0.1) is 12.4 Å². The predicted molar refractivity (Wildman–Crippen MR) is 78.3 cm³/mol. The molecule has 7 nitrogen and oxygen atoms in total. The minimum Gasteiger partial charge on any atom is -0.475 e. The first-order valence-corrected chi connectivity index (χ1v) is 8.19. The van der Waals surface area contributed by atoms with Crippen molar-refractivity contribution in [3.8, 4) is 5.88 Å². The van der Waals surface area contributed by atoms with Crippen LogP contribution in [0.5, 0.6) is 5.88 Å². The van der Waals surface area contributed by atoms with Gasteiger partial charge in [0.15, 0.2) is 0 Å². The Morgan fingerprint density at radius 2 is 2.05 bits per heavy atom. The lowest BCUT2D eigenvalue weighted by Gasteiger charge is -2.25. The van der Waals surface area contributed by atoms with Crippen molar-refractivity contribution in [1.29, 1.82) is 0 Å². The molecule has 0 amide bonds. The summed E-state index contributed by atoms with van der Waals surface area (Å²) >= 11 is 0. The summed E-state index contributed by atoms with van der Waals surface area (Å²) in [4.78, 5) is 8.26. The zero-order valence-electron chi connectivity index (χ0n) is 12.5. The molecule has 0 atom stereocenters. The standard InChI is InChI=1S/C12H22N4O3S/c1-9(2)19-10-6-7-13-11(15-10)14-8-12(3,4)16-20(5,17)18/h6-7,9,16H,8H2,1-5H3,(H,13,14,15). The molecule has 1 rings (SSSR count). The molecule has 20 heavy (non-hydrogen) atoms. The third-order valence-corrected chi connectivity index (χ3v) is 3.06. The minimum absolute atomic E-state index is 0.0288. The first-order valence-electron chi connectivity index (χ1n) is 6.30. The Bertz CT molecular complexity index is 543. The number of nitrogens with zero attached hydrogens (tertiary/aromatic N) is 2. The Kier molecular flexibility index (Phi) is 5.29. The van der Waals surface area contributed by atoms with Crippen molar-refractivity contribution in [2.75, 3.05) is 18.1 Å². The Hall–Kier alpha value is -1.41. The molecule has 0 saturated heterocycles. The topological polar surface area (TPSA) is 93.2 Å². The van der Waals surface area contributed by atoms with Crippen molar-refractivity contribution in [1.82, 2.24) is 14.7 Å². The third kappa shape index (κ3) is 6.67. The number of aromatic nitrogens is 2. The van der Waals surface area contributed by atoms with E-state index in [-0.39, 0.29) is 6.10 Å².